The van der Waals surface area contributed by atoms with E-state index in [4.69, 9.17) is 0 Å². The van der Waals surface area contributed by atoms with Gasteiger partial charge >= 0.3 is 0 Å². The fraction of sp³-hybridized carbons (Fsp3) is 0.583. The zero-order valence-electron chi connectivity index (χ0n) is 9.41. The van der Waals surface area contributed by atoms with Gasteiger partial charge in [-0.25, -0.2) is 0 Å². The maximum atomic E-state index is 12.3. The van der Waals surface area contributed by atoms with Crippen molar-refractivity contribution in [2.75, 3.05) is 6.54 Å². The lowest BCUT2D eigenvalue weighted by molar-refractivity contribution is 0.0694. The Morgan fingerprint density at radius 1 is 1.56 bits per heavy atom. The van der Waals surface area contributed by atoms with Crippen LogP contribution in [-0.2, 0) is 0 Å². The minimum absolute atomic E-state index is 0.216. The van der Waals surface area contributed by atoms with E-state index in [1.807, 2.05) is 16.3 Å². The quantitative estimate of drug-likeness (QED) is 0.761. The second kappa shape index (κ2) is 5.49. The molecule has 16 heavy (non-hydrogen) atoms. The van der Waals surface area contributed by atoms with Crippen LogP contribution < -0.4 is 0 Å². The predicted molar refractivity (Wildman–Crippen MR) is 76.0 cm³/mol. The van der Waals surface area contributed by atoms with Gasteiger partial charge in [0.1, 0.15) is 0 Å². The van der Waals surface area contributed by atoms with Gasteiger partial charge in [0, 0.05) is 18.0 Å². The third-order valence-electron chi connectivity index (χ3n) is 3.18. The van der Waals surface area contributed by atoms with E-state index in [-0.39, 0.29) is 5.91 Å². The molecule has 0 atom stereocenters. The molecule has 0 bridgehead atoms. The number of amides is 1. The lowest BCUT2D eigenvalue weighted by Gasteiger charge is -2.27. The zero-order valence-corrected chi connectivity index (χ0v) is 12.4. The predicted octanol–water partition coefficient (Wildman–Crippen LogP) is 3.76. The topological polar surface area (TPSA) is 20.3 Å². The number of carbonyl (C=O) groups excluding carboxylic acids is 1. The summed E-state index contributed by atoms with van der Waals surface area (Å²) < 4.78 is 1.18. The van der Waals surface area contributed by atoms with Crippen LogP contribution >= 0.6 is 33.9 Å². The summed E-state index contributed by atoms with van der Waals surface area (Å²) >= 11 is 3.91. The van der Waals surface area contributed by atoms with Crippen molar-refractivity contribution in [3.05, 3.63) is 19.9 Å². The summed E-state index contributed by atoms with van der Waals surface area (Å²) in [5, 5.41) is 1.97. The van der Waals surface area contributed by atoms with Gasteiger partial charge in [-0.05, 0) is 48.4 Å². The zero-order chi connectivity index (χ0) is 11.5. The fourth-order valence-corrected chi connectivity index (χ4v) is 3.69. The van der Waals surface area contributed by atoms with Gasteiger partial charge in [0.05, 0.1) is 8.45 Å². The lowest BCUT2D eigenvalue weighted by Crippen LogP contribution is -2.38. The molecule has 1 heterocycles. The normalized spacial score (nSPS) is 16.6. The molecule has 1 fully saturated rings. The molecule has 1 aromatic heterocycles. The maximum absolute atomic E-state index is 12.3. The Bertz CT molecular complexity index is 371. The minimum Gasteiger partial charge on any atom is -0.336 e. The molecule has 1 aliphatic carbocycles. The van der Waals surface area contributed by atoms with Crippen molar-refractivity contribution >= 4 is 39.8 Å². The Morgan fingerprint density at radius 3 is 2.75 bits per heavy atom. The van der Waals surface area contributed by atoms with E-state index >= 15 is 0 Å². The second-order valence-corrected chi connectivity index (χ2v) is 6.97. The summed E-state index contributed by atoms with van der Waals surface area (Å²) in [6.07, 6.45) is 4.91. The molecule has 0 unspecified atom stereocenters. The largest absolute Gasteiger partial charge is 0.336 e. The summed E-state index contributed by atoms with van der Waals surface area (Å²) in [5.41, 5.74) is 0.864. The number of thiophene rings is 1. The van der Waals surface area contributed by atoms with Gasteiger partial charge in [0.2, 0.25) is 0 Å². The van der Waals surface area contributed by atoms with Gasteiger partial charge in [-0.2, -0.15) is 0 Å². The Balaban J connectivity index is 2.11. The third-order valence-corrected chi connectivity index (χ3v) is 4.97. The lowest BCUT2D eigenvalue weighted by atomic mass is 10.2. The number of rotatable bonds is 3. The van der Waals surface area contributed by atoms with Crippen molar-refractivity contribution in [2.45, 2.75) is 38.6 Å². The molecule has 0 spiro atoms. The molecule has 1 amide bonds. The van der Waals surface area contributed by atoms with Gasteiger partial charge in [-0.1, -0.05) is 12.8 Å². The van der Waals surface area contributed by atoms with Gasteiger partial charge in [0.15, 0.2) is 0 Å². The van der Waals surface area contributed by atoms with Crippen LogP contribution in [0.4, 0.5) is 0 Å². The molecule has 0 radical (unpaired) electrons. The van der Waals surface area contributed by atoms with Crippen LogP contribution in [-0.4, -0.2) is 23.4 Å². The standard InChI is InChI=1S/C12H16INOS/c1-2-14(10-5-3-4-6-10)12(15)9-7-11(13)16-8-9/h7-8,10H,2-6H2,1H3. The molecule has 1 saturated carbocycles. The molecule has 0 aliphatic heterocycles. The fourth-order valence-electron chi connectivity index (χ4n) is 2.37. The van der Waals surface area contributed by atoms with Crippen LogP contribution in [0.3, 0.4) is 0 Å². The highest BCUT2D eigenvalue weighted by atomic mass is 127. The molecule has 0 saturated heterocycles. The molecule has 2 rings (SSSR count). The van der Waals surface area contributed by atoms with E-state index < -0.39 is 0 Å². The number of hydrogen-bond acceptors (Lipinski definition) is 2. The van der Waals surface area contributed by atoms with E-state index in [9.17, 15) is 4.79 Å². The number of halogens is 1. The third kappa shape index (κ3) is 2.59. The monoisotopic (exact) mass is 349 g/mol. The van der Waals surface area contributed by atoms with Crippen molar-refractivity contribution in [2.24, 2.45) is 0 Å². The first kappa shape index (κ1) is 12.4. The Kier molecular flexibility index (Phi) is 4.24. The van der Waals surface area contributed by atoms with Crippen LogP contribution in [0.2, 0.25) is 0 Å². The van der Waals surface area contributed by atoms with Crippen molar-refractivity contribution in [1.82, 2.24) is 4.90 Å². The smallest absolute Gasteiger partial charge is 0.254 e. The van der Waals surface area contributed by atoms with Crippen LogP contribution in [0.5, 0.6) is 0 Å². The molecule has 1 aromatic rings. The Hall–Kier alpha value is -0.100. The molecule has 0 N–H and O–H groups in total. The number of nitrogens with zero attached hydrogens (tertiary/aromatic N) is 1. The van der Waals surface area contributed by atoms with E-state index in [0.29, 0.717) is 6.04 Å². The molecule has 4 heteroatoms. The van der Waals surface area contributed by atoms with Crippen LogP contribution in [0.15, 0.2) is 11.4 Å². The van der Waals surface area contributed by atoms with Crippen LogP contribution in [0.1, 0.15) is 43.0 Å². The molecular weight excluding hydrogens is 333 g/mol. The highest BCUT2D eigenvalue weighted by Gasteiger charge is 2.26. The first-order valence-corrected chi connectivity index (χ1v) is 7.73. The van der Waals surface area contributed by atoms with Crippen molar-refractivity contribution in [3.8, 4) is 0 Å². The Labute approximate surface area is 114 Å². The summed E-state index contributed by atoms with van der Waals surface area (Å²) in [7, 11) is 0. The minimum atomic E-state index is 0.216. The van der Waals surface area contributed by atoms with E-state index in [2.05, 4.69) is 29.5 Å². The molecular formula is C12H16INOS. The van der Waals surface area contributed by atoms with Crippen molar-refractivity contribution in [3.63, 3.8) is 0 Å². The van der Waals surface area contributed by atoms with E-state index in [1.165, 1.54) is 28.6 Å². The van der Waals surface area contributed by atoms with Crippen molar-refractivity contribution < 1.29 is 4.79 Å². The Morgan fingerprint density at radius 2 is 2.25 bits per heavy atom. The van der Waals surface area contributed by atoms with E-state index in [1.54, 1.807) is 11.3 Å². The van der Waals surface area contributed by atoms with Gasteiger partial charge in [0.25, 0.3) is 5.91 Å². The van der Waals surface area contributed by atoms with Gasteiger partial charge < -0.3 is 4.90 Å². The first-order chi connectivity index (χ1) is 7.72. The summed E-state index contributed by atoms with van der Waals surface area (Å²) in [6, 6.07) is 2.47. The molecule has 2 nitrogen and oxygen atoms in total. The molecule has 1 aliphatic rings. The second-order valence-electron chi connectivity index (χ2n) is 4.17. The highest BCUT2D eigenvalue weighted by molar-refractivity contribution is 14.1. The molecule has 0 aromatic carbocycles. The van der Waals surface area contributed by atoms with E-state index in [0.717, 1.165) is 12.1 Å². The summed E-state index contributed by atoms with van der Waals surface area (Å²) in [6.45, 7) is 2.91. The van der Waals surface area contributed by atoms with Gasteiger partial charge in [-0.15, -0.1) is 11.3 Å². The average molecular weight is 349 g/mol. The average Bonchev–Trinajstić information content (AvgIpc) is 2.90. The van der Waals surface area contributed by atoms with Crippen LogP contribution in [0.25, 0.3) is 0 Å². The molecule has 88 valence electrons. The number of carbonyl (C=O) groups is 1. The maximum Gasteiger partial charge on any atom is 0.254 e. The van der Waals surface area contributed by atoms with Crippen LogP contribution in [0, 0.1) is 2.88 Å². The number of hydrogen-bond donors (Lipinski definition) is 0. The SMILES string of the molecule is CCN(C(=O)c1csc(I)c1)C1CCCC1. The van der Waals surface area contributed by atoms with Gasteiger partial charge in [-0.3, -0.25) is 4.79 Å². The summed E-state index contributed by atoms with van der Waals surface area (Å²) in [4.78, 5) is 14.4. The van der Waals surface area contributed by atoms with Crippen molar-refractivity contribution in [1.29, 1.82) is 0 Å². The summed E-state index contributed by atoms with van der Waals surface area (Å²) in [5.74, 6) is 0.216. The highest BCUT2D eigenvalue weighted by Crippen LogP contribution is 2.26. The first-order valence-electron chi connectivity index (χ1n) is 5.77.